The van der Waals surface area contributed by atoms with E-state index in [1.165, 1.54) is 5.56 Å². The van der Waals surface area contributed by atoms with E-state index in [9.17, 15) is 9.59 Å². The molecule has 0 radical (unpaired) electrons. The third-order valence-corrected chi connectivity index (χ3v) is 4.36. The Balaban J connectivity index is 0.00000420. The highest BCUT2D eigenvalue weighted by molar-refractivity contribution is 6.11. The number of hydrogen-bond donors (Lipinski definition) is 4. The van der Waals surface area contributed by atoms with Crippen LogP contribution in [0.15, 0.2) is 48.5 Å². The number of carbonyl (C=O) groups excluding carboxylic acids is 1. The zero-order valence-electron chi connectivity index (χ0n) is 16.5. The molecular weight excluding hydrogens is 390 g/mol. The minimum absolute atomic E-state index is 0. The Hall–Kier alpha value is -2.70. The van der Waals surface area contributed by atoms with Gasteiger partial charge in [0.25, 0.3) is 5.91 Å². The Labute approximate surface area is 177 Å². The molecule has 0 aliphatic heterocycles. The summed E-state index contributed by atoms with van der Waals surface area (Å²) in [6.45, 7) is 3.10. The van der Waals surface area contributed by atoms with Crippen molar-refractivity contribution in [3.05, 3.63) is 70.8 Å². The zero-order valence-corrected chi connectivity index (χ0v) is 17.3. The molecule has 156 valence electrons. The molecule has 7 heteroatoms. The van der Waals surface area contributed by atoms with E-state index in [2.05, 4.69) is 17.6 Å². The second kappa shape index (κ2) is 12.7. The molecule has 0 fully saturated rings. The summed E-state index contributed by atoms with van der Waals surface area (Å²) in [5, 5.41) is 22.4. The molecule has 0 saturated carbocycles. The van der Waals surface area contributed by atoms with Gasteiger partial charge in [-0.25, -0.2) is 0 Å². The van der Waals surface area contributed by atoms with E-state index in [1.54, 1.807) is 24.3 Å². The van der Waals surface area contributed by atoms with E-state index < -0.39 is 5.97 Å². The maximum Gasteiger partial charge on any atom is 0.304 e. The van der Waals surface area contributed by atoms with Crippen molar-refractivity contribution >= 4 is 30.1 Å². The van der Waals surface area contributed by atoms with Crippen LogP contribution in [0.3, 0.4) is 0 Å². The van der Waals surface area contributed by atoms with Gasteiger partial charge in [0.1, 0.15) is 5.84 Å². The summed E-state index contributed by atoms with van der Waals surface area (Å²) in [4.78, 5) is 22.8. The first-order valence-electron chi connectivity index (χ1n) is 9.50. The van der Waals surface area contributed by atoms with Gasteiger partial charge in [-0.2, -0.15) is 0 Å². The van der Waals surface area contributed by atoms with E-state index in [0.29, 0.717) is 24.2 Å². The van der Waals surface area contributed by atoms with E-state index in [1.807, 2.05) is 24.3 Å². The third kappa shape index (κ3) is 8.46. The highest BCUT2D eigenvalue weighted by Crippen LogP contribution is 2.09. The molecule has 0 heterocycles. The van der Waals surface area contributed by atoms with Crippen molar-refractivity contribution in [3.8, 4) is 0 Å². The summed E-state index contributed by atoms with van der Waals surface area (Å²) < 4.78 is 0. The standard InChI is InChI=1S/C22H27N3O3.ClH/c1-2-3-4-16-5-11-19(12-6-16)22(28)25-21(23)18-9-7-17(8-10-18)15-24-14-13-20(26)27;/h5-12,24H,2-4,13-15H2,1H3,(H,26,27)(H2,23,25,28);1H. The normalized spacial score (nSPS) is 10.1. The van der Waals surface area contributed by atoms with Crippen LogP contribution in [0.2, 0.25) is 0 Å². The summed E-state index contributed by atoms with van der Waals surface area (Å²) >= 11 is 0. The summed E-state index contributed by atoms with van der Waals surface area (Å²) in [5.41, 5.74) is 3.34. The molecule has 29 heavy (non-hydrogen) atoms. The quantitative estimate of drug-likeness (QED) is 0.268. The smallest absolute Gasteiger partial charge is 0.304 e. The van der Waals surface area contributed by atoms with Crippen LogP contribution in [-0.4, -0.2) is 29.4 Å². The number of aryl methyl sites for hydroxylation is 1. The van der Waals surface area contributed by atoms with E-state index in [4.69, 9.17) is 10.5 Å². The van der Waals surface area contributed by atoms with Crippen LogP contribution in [0.5, 0.6) is 0 Å². The minimum atomic E-state index is -0.831. The molecule has 1 amide bonds. The van der Waals surface area contributed by atoms with E-state index in [-0.39, 0.29) is 30.6 Å². The van der Waals surface area contributed by atoms with Crippen molar-refractivity contribution in [1.82, 2.24) is 10.6 Å². The van der Waals surface area contributed by atoms with Crippen LogP contribution in [0.1, 0.15) is 53.2 Å². The van der Waals surface area contributed by atoms with Crippen LogP contribution in [0.25, 0.3) is 0 Å². The number of hydrogen-bond acceptors (Lipinski definition) is 4. The monoisotopic (exact) mass is 417 g/mol. The lowest BCUT2D eigenvalue weighted by Gasteiger charge is -2.09. The number of aliphatic carboxylic acids is 1. The van der Waals surface area contributed by atoms with Gasteiger partial charge in [-0.15, -0.1) is 12.4 Å². The molecule has 2 aromatic carbocycles. The maximum atomic E-state index is 12.3. The SMILES string of the molecule is CCCCc1ccc(C(=O)NC(=N)c2ccc(CNCCC(=O)O)cc2)cc1.Cl. The lowest BCUT2D eigenvalue weighted by Crippen LogP contribution is -2.30. The Bertz CT molecular complexity index is 805. The van der Waals surface area contributed by atoms with Gasteiger partial charge in [-0.3, -0.25) is 15.0 Å². The Morgan fingerprint density at radius 2 is 1.55 bits per heavy atom. The molecule has 0 bridgehead atoms. The van der Waals surface area contributed by atoms with Crippen molar-refractivity contribution in [3.63, 3.8) is 0 Å². The Morgan fingerprint density at radius 3 is 2.14 bits per heavy atom. The molecule has 0 aliphatic rings. The van der Waals surface area contributed by atoms with Crippen LogP contribution in [0, 0.1) is 5.41 Å². The van der Waals surface area contributed by atoms with Crippen LogP contribution < -0.4 is 10.6 Å². The van der Waals surface area contributed by atoms with Crippen molar-refractivity contribution < 1.29 is 14.7 Å². The molecule has 0 spiro atoms. The number of unbranched alkanes of at least 4 members (excludes halogenated alkanes) is 1. The molecule has 0 saturated heterocycles. The fraction of sp³-hybridized carbons (Fsp3) is 0.318. The second-order valence-electron chi connectivity index (χ2n) is 6.65. The number of rotatable bonds is 10. The first-order chi connectivity index (χ1) is 13.5. The lowest BCUT2D eigenvalue weighted by atomic mass is 10.1. The Kier molecular flexibility index (Phi) is 10.7. The first-order valence-corrected chi connectivity index (χ1v) is 9.50. The largest absolute Gasteiger partial charge is 0.481 e. The van der Waals surface area contributed by atoms with Crippen molar-refractivity contribution in [2.45, 2.75) is 39.2 Å². The predicted octanol–water partition coefficient (Wildman–Crippen LogP) is 3.77. The van der Waals surface area contributed by atoms with Gasteiger partial charge in [0, 0.05) is 24.2 Å². The molecule has 2 aromatic rings. The van der Waals surface area contributed by atoms with Crippen LogP contribution in [0.4, 0.5) is 0 Å². The maximum absolute atomic E-state index is 12.3. The van der Waals surface area contributed by atoms with Gasteiger partial charge < -0.3 is 15.7 Å². The number of amides is 1. The molecular formula is C22H28ClN3O3. The summed E-state index contributed by atoms with van der Waals surface area (Å²) in [7, 11) is 0. The van der Waals surface area contributed by atoms with Gasteiger partial charge in [0.15, 0.2) is 0 Å². The fourth-order valence-corrected chi connectivity index (χ4v) is 2.68. The van der Waals surface area contributed by atoms with Crippen molar-refractivity contribution in [2.24, 2.45) is 0 Å². The van der Waals surface area contributed by atoms with Gasteiger partial charge in [-0.05, 0) is 36.1 Å². The molecule has 0 atom stereocenters. The number of carboxylic acid groups (broad SMARTS) is 1. The molecule has 4 N–H and O–H groups in total. The average Bonchev–Trinajstić information content (AvgIpc) is 2.70. The van der Waals surface area contributed by atoms with E-state index in [0.717, 1.165) is 24.8 Å². The second-order valence-corrected chi connectivity index (χ2v) is 6.65. The summed E-state index contributed by atoms with van der Waals surface area (Å²) in [5.74, 6) is -1.08. The zero-order chi connectivity index (χ0) is 20.4. The number of halogens is 1. The summed E-state index contributed by atoms with van der Waals surface area (Å²) in [6.07, 6.45) is 3.35. The van der Waals surface area contributed by atoms with Crippen molar-refractivity contribution in [2.75, 3.05) is 6.54 Å². The molecule has 6 nitrogen and oxygen atoms in total. The van der Waals surface area contributed by atoms with Gasteiger partial charge in [0.2, 0.25) is 0 Å². The highest BCUT2D eigenvalue weighted by atomic mass is 35.5. The predicted molar refractivity (Wildman–Crippen MR) is 117 cm³/mol. The van der Waals surface area contributed by atoms with Crippen LogP contribution >= 0.6 is 12.4 Å². The molecule has 0 unspecified atom stereocenters. The molecule has 0 aliphatic carbocycles. The topological polar surface area (TPSA) is 102 Å². The average molecular weight is 418 g/mol. The fourth-order valence-electron chi connectivity index (χ4n) is 2.68. The number of benzene rings is 2. The van der Waals surface area contributed by atoms with Gasteiger partial charge in [0.05, 0.1) is 6.42 Å². The molecule has 0 aromatic heterocycles. The van der Waals surface area contributed by atoms with Crippen molar-refractivity contribution in [1.29, 1.82) is 5.41 Å². The lowest BCUT2D eigenvalue weighted by molar-refractivity contribution is -0.136. The highest BCUT2D eigenvalue weighted by Gasteiger charge is 2.09. The minimum Gasteiger partial charge on any atom is -0.481 e. The summed E-state index contributed by atoms with van der Waals surface area (Å²) in [6, 6.07) is 14.7. The number of carboxylic acids is 1. The van der Waals surface area contributed by atoms with Gasteiger partial charge in [-0.1, -0.05) is 49.7 Å². The number of nitrogens with one attached hydrogen (secondary N) is 3. The van der Waals surface area contributed by atoms with Crippen LogP contribution in [-0.2, 0) is 17.8 Å². The number of carbonyl (C=O) groups is 2. The Morgan fingerprint density at radius 1 is 0.966 bits per heavy atom. The third-order valence-electron chi connectivity index (χ3n) is 4.36. The first kappa shape index (κ1) is 24.3. The van der Waals surface area contributed by atoms with E-state index >= 15 is 0 Å². The molecule has 2 rings (SSSR count). The number of amidine groups is 1. The van der Waals surface area contributed by atoms with Gasteiger partial charge >= 0.3 is 5.97 Å².